The van der Waals surface area contributed by atoms with E-state index in [2.05, 4.69) is 10.0 Å². The molecule has 6 nitrogen and oxygen atoms in total. The Labute approximate surface area is 159 Å². The molecular formula is C20H21N3O3S. The molecule has 2 rings (SSSR count). The Morgan fingerprint density at radius 3 is 2.30 bits per heavy atom. The van der Waals surface area contributed by atoms with Crippen molar-refractivity contribution in [3.8, 4) is 6.07 Å². The van der Waals surface area contributed by atoms with E-state index in [1.54, 1.807) is 56.3 Å². The van der Waals surface area contributed by atoms with Crippen LogP contribution in [0.1, 0.15) is 30.5 Å². The van der Waals surface area contributed by atoms with E-state index in [0.717, 1.165) is 5.56 Å². The number of carbonyl (C=O) groups excluding carboxylic acids is 1. The molecule has 2 aromatic carbocycles. The molecule has 0 aliphatic carbocycles. The van der Waals surface area contributed by atoms with Crippen molar-refractivity contribution in [3.63, 3.8) is 0 Å². The van der Waals surface area contributed by atoms with Crippen LogP contribution in [0.4, 0.5) is 0 Å². The minimum Gasteiger partial charge on any atom is -0.348 e. The van der Waals surface area contributed by atoms with Crippen LogP contribution in [0.25, 0.3) is 6.08 Å². The molecule has 7 heteroatoms. The fraction of sp³-hybridized carbons (Fsp3) is 0.200. The van der Waals surface area contributed by atoms with Crippen LogP contribution in [0.2, 0.25) is 0 Å². The first-order valence-corrected chi connectivity index (χ1v) is 9.86. The van der Waals surface area contributed by atoms with Crippen molar-refractivity contribution in [2.24, 2.45) is 0 Å². The Bertz CT molecular complexity index is 955. The van der Waals surface area contributed by atoms with Crippen LogP contribution in [0.15, 0.2) is 59.5 Å². The third-order valence-electron chi connectivity index (χ3n) is 3.56. The van der Waals surface area contributed by atoms with E-state index >= 15 is 0 Å². The first-order valence-electron chi connectivity index (χ1n) is 8.37. The molecule has 0 aliphatic rings. The molecule has 0 aliphatic heterocycles. The van der Waals surface area contributed by atoms with E-state index in [9.17, 15) is 13.2 Å². The van der Waals surface area contributed by atoms with Gasteiger partial charge in [-0.1, -0.05) is 24.3 Å². The predicted octanol–water partition coefficient (Wildman–Crippen LogP) is 2.57. The van der Waals surface area contributed by atoms with Crippen LogP contribution in [-0.4, -0.2) is 20.4 Å². The van der Waals surface area contributed by atoms with Crippen molar-refractivity contribution in [3.05, 3.63) is 71.3 Å². The summed E-state index contributed by atoms with van der Waals surface area (Å²) in [5.74, 6) is -0.266. The summed E-state index contributed by atoms with van der Waals surface area (Å²) in [5.41, 5.74) is 2.18. The number of hydrogen-bond donors (Lipinski definition) is 2. The van der Waals surface area contributed by atoms with Gasteiger partial charge in [-0.05, 0) is 55.3 Å². The van der Waals surface area contributed by atoms with Crippen LogP contribution in [0.3, 0.4) is 0 Å². The monoisotopic (exact) mass is 383 g/mol. The average molecular weight is 383 g/mol. The highest BCUT2D eigenvalue weighted by atomic mass is 32.2. The molecule has 0 unspecified atom stereocenters. The molecule has 2 aromatic rings. The lowest BCUT2D eigenvalue weighted by atomic mass is 10.1. The zero-order valence-electron chi connectivity index (χ0n) is 15.1. The highest BCUT2D eigenvalue weighted by molar-refractivity contribution is 7.89. The third kappa shape index (κ3) is 6.37. The van der Waals surface area contributed by atoms with Crippen LogP contribution in [-0.2, 0) is 21.4 Å². The summed E-state index contributed by atoms with van der Waals surface area (Å²) >= 11 is 0. The predicted molar refractivity (Wildman–Crippen MR) is 104 cm³/mol. The number of nitrogens with one attached hydrogen (secondary N) is 2. The van der Waals surface area contributed by atoms with Gasteiger partial charge >= 0.3 is 0 Å². The lowest BCUT2D eigenvalue weighted by Crippen LogP contribution is -2.30. The Hall–Kier alpha value is -2.95. The first kappa shape index (κ1) is 20.4. The molecule has 0 heterocycles. The number of carbonyl (C=O) groups is 1. The molecule has 0 radical (unpaired) electrons. The lowest BCUT2D eigenvalue weighted by Gasteiger charge is -2.09. The number of hydrogen-bond acceptors (Lipinski definition) is 4. The molecule has 0 fully saturated rings. The first-order chi connectivity index (χ1) is 12.8. The quantitative estimate of drug-likeness (QED) is 0.718. The van der Waals surface area contributed by atoms with Crippen LogP contribution >= 0.6 is 0 Å². The van der Waals surface area contributed by atoms with Gasteiger partial charge in [-0.15, -0.1) is 0 Å². The van der Waals surface area contributed by atoms with Gasteiger partial charge in [0.15, 0.2) is 0 Å². The van der Waals surface area contributed by atoms with Gasteiger partial charge < -0.3 is 5.32 Å². The Morgan fingerprint density at radius 1 is 1.11 bits per heavy atom. The minimum atomic E-state index is -3.53. The van der Waals surface area contributed by atoms with E-state index in [4.69, 9.17) is 5.26 Å². The minimum absolute atomic E-state index is 0.179. The van der Waals surface area contributed by atoms with Gasteiger partial charge in [0.2, 0.25) is 15.9 Å². The summed E-state index contributed by atoms with van der Waals surface area (Å²) in [6.45, 7) is 3.86. The number of nitriles is 1. The standard InChI is InChI=1S/C20H21N3O3S/c1-15(2)23-27(25,26)19-10-7-16(8-11-19)9-12-20(24)22-14-18-5-3-17(13-21)4-6-18/h3-12,15,23H,14H2,1-2H3,(H,22,24)/b12-9+. The number of benzene rings is 2. The van der Waals surface area contributed by atoms with Crippen LogP contribution in [0, 0.1) is 11.3 Å². The topological polar surface area (TPSA) is 99.1 Å². The molecule has 0 spiro atoms. The largest absolute Gasteiger partial charge is 0.348 e. The second-order valence-corrected chi connectivity index (χ2v) is 7.92. The van der Waals surface area contributed by atoms with Crippen molar-refractivity contribution in [1.82, 2.24) is 10.0 Å². The molecule has 0 saturated carbocycles. The summed E-state index contributed by atoms with van der Waals surface area (Å²) in [5, 5.41) is 11.5. The van der Waals surface area contributed by atoms with Gasteiger partial charge in [-0.25, -0.2) is 13.1 Å². The maximum Gasteiger partial charge on any atom is 0.244 e. The number of rotatable bonds is 7. The summed E-state index contributed by atoms with van der Waals surface area (Å²) in [6.07, 6.45) is 3.00. The van der Waals surface area contributed by atoms with E-state index in [1.165, 1.54) is 18.2 Å². The van der Waals surface area contributed by atoms with E-state index in [0.29, 0.717) is 17.7 Å². The van der Waals surface area contributed by atoms with E-state index in [1.807, 2.05) is 6.07 Å². The molecular weight excluding hydrogens is 362 g/mol. The second kappa shape index (κ2) is 9.12. The van der Waals surface area contributed by atoms with Gasteiger partial charge in [-0.3, -0.25) is 4.79 Å². The molecule has 2 N–H and O–H groups in total. The SMILES string of the molecule is CC(C)NS(=O)(=O)c1ccc(/C=C/C(=O)NCc2ccc(C#N)cc2)cc1. The summed E-state index contributed by atoms with van der Waals surface area (Å²) in [6, 6.07) is 15.1. The maximum absolute atomic E-state index is 12.1. The van der Waals surface area contributed by atoms with Gasteiger partial charge in [0.1, 0.15) is 0 Å². The zero-order chi connectivity index (χ0) is 19.9. The molecule has 0 aromatic heterocycles. The van der Waals surface area contributed by atoms with Crippen LogP contribution in [0.5, 0.6) is 0 Å². The number of amides is 1. The summed E-state index contributed by atoms with van der Waals surface area (Å²) in [4.78, 5) is 12.1. The van der Waals surface area contributed by atoms with E-state index < -0.39 is 10.0 Å². The molecule has 1 amide bonds. The Balaban J connectivity index is 1.93. The Morgan fingerprint density at radius 2 is 1.74 bits per heavy atom. The molecule has 27 heavy (non-hydrogen) atoms. The van der Waals surface area contributed by atoms with Crippen LogP contribution < -0.4 is 10.0 Å². The smallest absolute Gasteiger partial charge is 0.244 e. The highest BCUT2D eigenvalue weighted by Crippen LogP contribution is 2.12. The Kier molecular flexibility index (Phi) is 6.88. The maximum atomic E-state index is 12.1. The molecule has 0 atom stereocenters. The van der Waals surface area contributed by atoms with Gasteiger partial charge in [0.25, 0.3) is 0 Å². The average Bonchev–Trinajstić information content (AvgIpc) is 2.64. The van der Waals surface area contributed by atoms with Crippen molar-refractivity contribution in [1.29, 1.82) is 5.26 Å². The summed E-state index contributed by atoms with van der Waals surface area (Å²) < 4.78 is 26.7. The number of nitrogens with zero attached hydrogens (tertiary/aromatic N) is 1. The van der Waals surface area contributed by atoms with Crippen molar-refractivity contribution in [2.75, 3.05) is 0 Å². The fourth-order valence-corrected chi connectivity index (χ4v) is 3.50. The zero-order valence-corrected chi connectivity index (χ0v) is 16.0. The second-order valence-electron chi connectivity index (χ2n) is 6.20. The van der Waals surface area contributed by atoms with Crippen molar-refractivity contribution in [2.45, 2.75) is 31.3 Å². The summed E-state index contributed by atoms with van der Waals surface area (Å²) in [7, 11) is -3.53. The normalized spacial score (nSPS) is 11.5. The fourth-order valence-electron chi connectivity index (χ4n) is 2.25. The highest BCUT2D eigenvalue weighted by Gasteiger charge is 2.14. The van der Waals surface area contributed by atoms with Gasteiger partial charge in [0, 0.05) is 18.7 Å². The van der Waals surface area contributed by atoms with Gasteiger partial charge in [0.05, 0.1) is 16.5 Å². The van der Waals surface area contributed by atoms with Gasteiger partial charge in [-0.2, -0.15) is 5.26 Å². The molecule has 0 saturated heterocycles. The lowest BCUT2D eigenvalue weighted by molar-refractivity contribution is -0.116. The van der Waals surface area contributed by atoms with Crippen molar-refractivity contribution >= 4 is 22.0 Å². The molecule has 140 valence electrons. The van der Waals surface area contributed by atoms with E-state index in [-0.39, 0.29) is 16.8 Å². The number of sulfonamides is 1. The molecule has 0 bridgehead atoms. The van der Waals surface area contributed by atoms with Crippen molar-refractivity contribution < 1.29 is 13.2 Å². The third-order valence-corrected chi connectivity index (χ3v) is 5.23.